The number of guanidine groups is 1. The number of thiophene rings is 1. The molecule has 2 heterocycles. The van der Waals surface area contributed by atoms with E-state index in [0.29, 0.717) is 18.5 Å². The third-order valence-corrected chi connectivity index (χ3v) is 7.02. The van der Waals surface area contributed by atoms with Crippen LogP contribution in [0.5, 0.6) is 0 Å². The fraction of sp³-hybridized carbons (Fsp3) is 0.389. The SMILES string of the molecule is CN=C(NCc1ccc(S(N)(=O)=O)s1)NC1CCN(c2ccc(C)cc2)C1.I. The first kappa shape index (κ1) is 22.9. The molecule has 4 N–H and O–H groups in total. The molecule has 1 aromatic carbocycles. The van der Waals surface area contributed by atoms with Crippen LogP contribution in [0, 0.1) is 6.92 Å². The smallest absolute Gasteiger partial charge is 0.247 e. The van der Waals surface area contributed by atoms with Crippen LogP contribution >= 0.6 is 35.3 Å². The molecule has 1 aromatic heterocycles. The van der Waals surface area contributed by atoms with Crippen LogP contribution in [0.25, 0.3) is 0 Å². The molecule has 154 valence electrons. The second kappa shape index (κ2) is 9.90. The molecule has 10 heteroatoms. The molecule has 3 rings (SSSR count). The Morgan fingerprint density at radius 2 is 2.00 bits per heavy atom. The summed E-state index contributed by atoms with van der Waals surface area (Å²) >= 11 is 1.17. The molecule has 7 nitrogen and oxygen atoms in total. The number of hydrogen-bond donors (Lipinski definition) is 3. The highest BCUT2D eigenvalue weighted by molar-refractivity contribution is 14.0. The lowest BCUT2D eigenvalue weighted by Crippen LogP contribution is -2.44. The van der Waals surface area contributed by atoms with Crippen molar-refractivity contribution in [1.29, 1.82) is 0 Å². The maximum atomic E-state index is 11.4. The van der Waals surface area contributed by atoms with E-state index in [9.17, 15) is 8.42 Å². The van der Waals surface area contributed by atoms with Crippen molar-refractivity contribution in [3.05, 3.63) is 46.8 Å². The van der Waals surface area contributed by atoms with Gasteiger partial charge in [0.25, 0.3) is 0 Å². The average Bonchev–Trinajstić information content (AvgIpc) is 3.28. The number of nitrogens with zero attached hydrogens (tertiary/aromatic N) is 2. The van der Waals surface area contributed by atoms with E-state index < -0.39 is 10.0 Å². The van der Waals surface area contributed by atoms with E-state index in [-0.39, 0.29) is 28.2 Å². The van der Waals surface area contributed by atoms with Crippen molar-refractivity contribution in [3.63, 3.8) is 0 Å². The molecule has 0 radical (unpaired) electrons. The van der Waals surface area contributed by atoms with Gasteiger partial charge in [-0.1, -0.05) is 17.7 Å². The molecule has 1 aliphatic rings. The maximum absolute atomic E-state index is 11.4. The molecule has 1 atom stereocenters. The Balaban J connectivity index is 0.00000280. The number of rotatable bonds is 5. The van der Waals surface area contributed by atoms with Crippen molar-refractivity contribution in [3.8, 4) is 0 Å². The second-order valence-corrected chi connectivity index (χ2v) is 9.56. The third kappa shape index (κ3) is 6.06. The number of nitrogens with two attached hydrogens (primary N) is 1. The zero-order chi connectivity index (χ0) is 19.4. The lowest BCUT2D eigenvalue weighted by molar-refractivity contribution is 0.600. The summed E-state index contributed by atoms with van der Waals surface area (Å²) in [5.41, 5.74) is 2.50. The van der Waals surface area contributed by atoms with Crippen LogP contribution < -0.4 is 20.7 Å². The zero-order valence-corrected chi connectivity index (χ0v) is 19.8. The molecule has 0 aliphatic carbocycles. The Morgan fingerprint density at radius 1 is 1.29 bits per heavy atom. The van der Waals surface area contributed by atoms with Gasteiger partial charge in [-0.15, -0.1) is 35.3 Å². The highest BCUT2D eigenvalue weighted by atomic mass is 127. The van der Waals surface area contributed by atoms with E-state index in [1.54, 1.807) is 13.1 Å². The number of aliphatic imine (C=N–C) groups is 1. The lowest BCUT2D eigenvalue weighted by atomic mass is 10.2. The van der Waals surface area contributed by atoms with Crippen LogP contribution in [0.2, 0.25) is 0 Å². The number of primary sulfonamides is 1. The molecule has 1 saturated heterocycles. The summed E-state index contributed by atoms with van der Waals surface area (Å²) in [5, 5.41) is 11.8. The Hall–Kier alpha value is -1.37. The number of hydrogen-bond acceptors (Lipinski definition) is 5. The fourth-order valence-corrected chi connectivity index (χ4v) is 4.75. The van der Waals surface area contributed by atoms with Gasteiger partial charge in [0.1, 0.15) is 4.21 Å². The minimum Gasteiger partial charge on any atom is -0.369 e. The first-order chi connectivity index (χ1) is 12.8. The summed E-state index contributed by atoms with van der Waals surface area (Å²) in [5.74, 6) is 0.705. The molecule has 0 spiro atoms. The number of anilines is 1. The van der Waals surface area contributed by atoms with Crippen LogP contribution in [-0.4, -0.2) is 40.6 Å². The number of benzene rings is 1. The Kier molecular flexibility index (Phi) is 8.10. The van der Waals surface area contributed by atoms with Gasteiger partial charge in [0, 0.05) is 36.7 Å². The quantitative estimate of drug-likeness (QED) is 0.310. The van der Waals surface area contributed by atoms with Gasteiger partial charge in [-0.05, 0) is 37.6 Å². The van der Waals surface area contributed by atoms with Crippen LogP contribution in [-0.2, 0) is 16.6 Å². The molecule has 1 fully saturated rings. The predicted octanol–water partition coefficient (Wildman–Crippen LogP) is 2.27. The largest absolute Gasteiger partial charge is 0.369 e. The minimum atomic E-state index is -3.64. The number of halogens is 1. The average molecular weight is 535 g/mol. The highest BCUT2D eigenvalue weighted by Gasteiger charge is 2.23. The van der Waals surface area contributed by atoms with Crippen molar-refractivity contribution >= 4 is 57.0 Å². The van der Waals surface area contributed by atoms with Gasteiger partial charge in [0.05, 0.1) is 6.54 Å². The molecule has 1 unspecified atom stereocenters. The molecule has 0 bridgehead atoms. The Morgan fingerprint density at radius 3 is 2.61 bits per heavy atom. The summed E-state index contributed by atoms with van der Waals surface area (Å²) in [4.78, 5) is 7.52. The van der Waals surface area contributed by atoms with Crippen LogP contribution in [0.4, 0.5) is 5.69 Å². The van der Waals surface area contributed by atoms with Gasteiger partial charge in [0.2, 0.25) is 10.0 Å². The Bertz CT molecular complexity index is 912. The number of aryl methyl sites for hydroxylation is 1. The number of sulfonamides is 1. The number of nitrogens with one attached hydrogen (secondary N) is 2. The zero-order valence-electron chi connectivity index (χ0n) is 15.9. The van der Waals surface area contributed by atoms with Crippen LogP contribution in [0.1, 0.15) is 16.9 Å². The molecule has 0 amide bonds. The molecular weight excluding hydrogens is 509 g/mol. The first-order valence-electron chi connectivity index (χ1n) is 8.75. The van der Waals surface area contributed by atoms with Gasteiger partial charge >= 0.3 is 0 Å². The normalized spacial score (nSPS) is 17.3. The van der Waals surface area contributed by atoms with Gasteiger partial charge in [0.15, 0.2) is 5.96 Å². The summed E-state index contributed by atoms with van der Waals surface area (Å²) in [6.45, 7) is 4.50. The molecule has 1 aliphatic heterocycles. The molecule has 28 heavy (non-hydrogen) atoms. The first-order valence-corrected chi connectivity index (χ1v) is 11.1. The minimum absolute atomic E-state index is 0. The highest BCUT2D eigenvalue weighted by Crippen LogP contribution is 2.21. The lowest BCUT2D eigenvalue weighted by Gasteiger charge is -2.20. The van der Waals surface area contributed by atoms with E-state index in [4.69, 9.17) is 5.14 Å². The van der Waals surface area contributed by atoms with Crippen molar-refractivity contribution in [2.45, 2.75) is 30.1 Å². The summed E-state index contributed by atoms with van der Waals surface area (Å²) in [6.07, 6.45) is 1.03. The Labute approximate surface area is 187 Å². The van der Waals surface area contributed by atoms with Gasteiger partial charge in [-0.3, -0.25) is 4.99 Å². The van der Waals surface area contributed by atoms with E-state index in [0.717, 1.165) is 24.4 Å². The van der Waals surface area contributed by atoms with Crippen molar-refractivity contribution in [2.24, 2.45) is 10.1 Å². The maximum Gasteiger partial charge on any atom is 0.247 e. The van der Waals surface area contributed by atoms with Crippen molar-refractivity contribution in [1.82, 2.24) is 10.6 Å². The van der Waals surface area contributed by atoms with E-state index in [1.165, 1.54) is 28.7 Å². The molecule has 2 aromatic rings. The van der Waals surface area contributed by atoms with E-state index in [1.807, 2.05) is 0 Å². The van der Waals surface area contributed by atoms with Crippen LogP contribution in [0.15, 0.2) is 45.6 Å². The predicted molar refractivity (Wildman–Crippen MR) is 126 cm³/mol. The monoisotopic (exact) mass is 535 g/mol. The third-order valence-electron chi connectivity index (χ3n) is 4.50. The van der Waals surface area contributed by atoms with Crippen molar-refractivity contribution in [2.75, 3.05) is 25.0 Å². The summed E-state index contributed by atoms with van der Waals surface area (Å²) < 4.78 is 22.9. The molecule has 0 saturated carbocycles. The standard InChI is InChI=1S/C18H25N5O2S2.HI/c1-13-3-5-15(6-4-13)23-10-9-14(12-23)22-18(20-2)21-11-16-7-8-17(26-16)27(19,24)25;/h3-8,14H,9-12H2,1-2H3,(H2,19,24,25)(H2,20,21,22);1H. The summed E-state index contributed by atoms with van der Waals surface area (Å²) in [7, 11) is -1.91. The van der Waals surface area contributed by atoms with E-state index in [2.05, 4.69) is 51.7 Å². The van der Waals surface area contributed by atoms with Gasteiger partial charge in [-0.25, -0.2) is 13.6 Å². The van der Waals surface area contributed by atoms with Gasteiger partial charge < -0.3 is 15.5 Å². The second-order valence-electron chi connectivity index (χ2n) is 6.60. The van der Waals surface area contributed by atoms with E-state index >= 15 is 0 Å². The fourth-order valence-electron chi connectivity index (χ4n) is 3.03. The summed E-state index contributed by atoms with van der Waals surface area (Å²) in [6, 6.07) is 12.2. The van der Waals surface area contributed by atoms with Crippen molar-refractivity contribution < 1.29 is 8.42 Å². The molecular formula is C18H26IN5O2S2. The van der Waals surface area contributed by atoms with Crippen LogP contribution in [0.3, 0.4) is 0 Å². The topological polar surface area (TPSA) is 99.8 Å². The van der Waals surface area contributed by atoms with Gasteiger partial charge in [-0.2, -0.15) is 0 Å².